The van der Waals surface area contributed by atoms with Gasteiger partial charge in [-0.25, -0.2) is 0 Å². The molecular weight excluding hydrogens is 302 g/mol. The number of benzene rings is 1. The summed E-state index contributed by atoms with van der Waals surface area (Å²) in [7, 11) is 0. The molecule has 1 aliphatic heterocycles. The third-order valence-corrected chi connectivity index (χ3v) is 4.18. The maximum absolute atomic E-state index is 12.7. The monoisotopic (exact) mass is 319 g/mol. The maximum Gasteiger partial charge on any atom is 0.266 e. The van der Waals surface area contributed by atoms with Crippen LogP contribution in [0.3, 0.4) is 0 Å². The van der Waals surface area contributed by atoms with Crippen molar-refractivity contribution in [2.45, 2.75) is 31.7 Å². The van der Waals surface area contributed by atoms with Crippen LogP contribution in [-0.4, -0.2) is 34.3 Å². The van der Waals surface area contributed by atoms with Gasteiger partial charge in [-0.2, -0.15) is 0 Å². The molecule has 116 valence electrons. The van der Waals surface area contributed by atoms with Crippen molar-refractivity contribution in [3.63, 3.8) is 0 Å². The van der Waals surface area contributed by atoms with E-state index in [2.05, 4.69) is 4.98 Å². The Morgan fingerprint density at radius 1 is 1.41 bits per heavy atom. The van der Waals surface area contributed by atoms with Crippen LogP contribution in [0.1, 0.15) is 36.0 Å². The molecule has 0 aliphatic carbocycles. The number of rotatable bonds is 3. The van der Waals surface area contributed by atoms with Crippen molar-refractivity contribution in [1.82, 2.24) is 9.88 Å². The molecule has 22 heavy (non-hydrogen) atoms. The number of piperidine rings is 1. The number of likely N-dealkylation sites (tertiary alicyclic amines) is 1. The van der Waals surface area contributed by atoms with Gasteiger partial charge in [-0.1, -0.05) is 0 Å². The fourth-order valence-corrected chi connectivity index (χ4v) is 3.16. The van der Waals surface area contributed by atoms with Crippen LogP contribution in [0, 0.1) is 4.84 Å². The molecule has 0 saturated carbocycles. The highest BCUT2D eigenvalue weighted by Gasteiger charge is 2.28. The van der Waals surface area contributed by atoms with Crippen molar-refractivity contribution in [3.8, 4) is 0 Å². The second kappa shape index (κ2) is 5.92. The van der Waals surface area contributed by atoms with E-state index in [0.29, 0.717) is 17.7 Å². The topological polar surface area (TPSA) is 92.3 Å². The van der Waals surface area contributed by atoms with Gasteiger partial charge in [0, 0.05) is 24.6 Å². The number of oxazole rings is 1. The molecule has 1 fully saturated rings. The lowest BCUT2D eigenvalue weighted by atomic mass is 9.98. The first kappa shape index (κ1) is 14.8. The molecule has 3 rings (SSSR count). The molecule has 2 amide bonds. The number of fused-ring (bicyclic) bond motifs is 1. The Bertz CT molecular complexity index is 780. The number of primary amides is 1. The van der Waals surface area contributed by atoms with Gasteiger partial charge in [0.2, 0.25) is 5.91 Å². The summed E-state index contributed by atoms with van der Waals surface area (Å²) < 4.78 is 5.35. The second-order valence-electron chi connectivity index (χ2n) is 5.54. The van der Waals surface area contributed by atoms with Crippen LogP contribution in [0.2, 0.25) is 0 Å². The Morgan fingerprint density at radius 3 is 3.00 bits per heavy atom. The van der Waals surface area contributed by atoms with Crippen LogP contribution in [0.4, 0.5) is 0 Å². The summed E-state index contributed by atoms with van der Waals surface area (Å²) in [4.78, 5) is 28.9. The van der Waals surface area contributed by atoms with Gasteiger partial charge >= 0.3 is 0 Å². The Hall–Kier alpha value is -2.15. The summed E-state index contributed by atoms with van der Waals surface area (Å²) >= 11 is 4.94. The van der Waals surface area contributed by atoms with Crippen LogP contribution in [0.15, 0.2) is 22.6 Å². The fourth-order valence-electron chi connectivity index (χ4n) is 2.96. The van der Waals surface area contributed by atoms with E-state index in [1.165, 1.54) is 0 Å². The van der Waals surface area contributed by atoms with E-state index in [-0.39, 0.29) is 29.1 Å². The molecule has 1 atom stereocenters. The molecule has 1 saturated heterocycles. The Labute approximate surface area is 132 Å². The number of carbonyl (C=O) groups excluding carboxylic acids is 2. The third-order valence-electron chi connectivity index (χ3n) is 3.99. The highest BCUT2D eigenvalue weighted by molar-refractivity contribution is 7.71. The minimum atomic E-state index is -0.378. The van der Waals surface area contributed by atoms with E-state index in [1.807, 2.05) is 0 Å². The van der Waals surface area contributed by atoms with Crippen molar-refractivity contribution in [3.05, 3.63) is 28.6 Å². The molecule has 0 radical (unpaired) electrons. The van der Waals surface area contributed by atoms with Gasteiger partial charge in [-0.15, -0.1) is 0 Å². The molecule has 0 bridgehead atoms. The summed E-state index contributed by atoms with van der Waals surface area (Å²) in [5.41, 5.74) is 7.14. The van der Waals surface area contributed by atoms with Gasteiger partial charge in [0.05, 0.1) is 5.52 Å². The van der Waals surface area contributed by atoms with Gasteiger partial charge in [0.25, 0.3) is 10.7 Å². The number of nitrogens with two attached hydrogens (primary N) is 1. The first-order chi connectivity index (χ1) is 10.5. The van der Waals surface area contributed by atoms with E-state index in [4.69, 9.17) is 22.4 Å². The quantitative estimate of drug-likeness (QED) is 0.849. The molecular formula is C15H17N3O3S. The molecule has 0 spiro atoms. The summed E-state index contributed by atoms with van der Waals surface area (Å²) in [6.45, 7) is 0.644. The molecule has 3 N–H and O–H groups in total. The number of hydrogen-bond donors (Lipinski definition) is 2. The van der Waals surface area contributed by atoms with Gasteiger partial charge in [0.15, 0.2) is 5.58 Å². The number of nitrogens with one attached hydrogen (secondary N) is 1. The standard InChI is InChI=1S/C15H17N3O3S/c16-13(19)8-10-3-1-2-6-18(10)14(20)9-4-5-11-12(7-9)21-15(22)17-11/h4-5,7,10H,1-3,6,8H2,(H2,16,19)(H,17,22)/t10-/m1/s1. The zero-order valence-electron chi connectivity index (χ0n) is 12.0. The number of carbonyl (C=O) groups is 2. The SMILES string of the molecule is NC(=O)C[C@H]1CCCCN1C(=O)c1ccc2[nH]c(=S)oc2c1. The van der Waals surface area contributed by atoms with E-state index in [9.17, 15) is 9.59 Å². The normalized spacial score (nSPS) is 18.5. The molecule has 6 nitrogen and oxygen atoms in total. The van der Waals surface area contributed by atoms with E-state index in [1.54, 1.807) is 23.1 Å². The van der Waals surface area contributed by atoms with Crippen molar-refractivity contribution in [1.29, 1.82) is 0 Å². The number of amides is 2. The first-order valence-electron chi connectivity index (χ1n) is 7.27. The van der Waals surface area contributed by atoms with Gasteiger partial charge in [-0.3, -0.25) is 9.59 Å². The first-order valence-corrected chi connectivity index (χ1v) is 7.67. The Morgan fingerprint density at radius 2 is 2.23 bits per heavy atom. The van der Waals surface area contributed by atoms with Crippen LogP contribution >= 0.6 is 12.2 Å². The van der Waals surface area contributed by atoms with Gasteiger partial charge in [-0.05, 0) is 49.7 Å². The minimum absolute atomic E-state index is 0.102. The van der Waals surface area contributed by atoms with Crippen molar-refractivity contribution in [2.24, 2.45) is 5.73 Å². The maximum atomic E-state index is 12.7. The van der Waals surface area contributed by atoms with Crippen LogP contribution in [0.5, 0.6) is 0 Å². The summed E-state index contributed by atoms with van der Waals surface area (Å²) in [5, 5.41) is 0. The van der Waals surface area contributed by atoms with Crippen molar-refractivity contribution < 1.29 is 14.0 Å². The highest BCUT2D eigenvalue weighted by Crippen LogP contribution is 2.23. The predicted octanol–water partition coefficient (Wildman–Crippen LogP) is 2.36. The molecule has 1 aromatic heterocycles. The number of H-pyrrole nitrogens is 1. The molecule has 1 aromatic carbocycles. The number of aromatic amines is 1. The lowest BCUT2D eigenvalue weighted by Gasteiger charge is -2.35. The summed E-state index contributed by atoms with van der Waals surface area (Å²) in [6, 6.07) is 5.07. The average molecular weight is 319 g/mol. The highest BCUT2D eigenvalue weighted by atomic mass is 32.1. The molecule has 2 aromatic rings. The van der Waals surface area contributed by atoms with E-state index in [0.717, 1.165) is 24.8 Å². The van der Waals surface area contributed by atoms with Crippen molar-refractivity contribution in [2.75, 3.05) is 6.54 Å². The summed E-state index contributed by atoms with van der Waals surface area (Å²) in [5.74, 6) is -0.480. The smallest absolute Gasteiger partial charge is 0.266 e. The third kappa shape index (κ3) is 2.89. The fraction of sp³-hybridized carbons (Fsp3) is 0.400. The van der Waals surface area contributed by atoms with Gasteiger partial charge < -0.3 is 20.0 Å². The number of aromatic nitrogens is 1. The van der Waals surface area contributed by atoms with Crippen LogP contribution < -0.4 is 5.73 Å². The lowest BCUT2D eigenvalue weighted by Crippen LogP contribution is -2.45. The van der Waals surface area contributed by atoms with Crippen LogP contribution in [-0.2, 0) is 4.79 Å². The van der Waals surface area contributed by atoms with E-state index < -0.39 is 0 Å². The van der Waals surface area contributed by atoms with Crippen molar-refractivity contribution >= 4 is 35.1 Å². The number of nitrogens with zero attached hydrogens (tertiary/aromatic N) is 1. The lowest BCUT2D eigenvalue weighted by molar-refractivity contribution is -0.119. The summed E-state index contributed by atoms with van der Waals surface area (Å²) in [6.07, 6.45) is 2.96. The molecule has 0 unspecified atom stereocenters. The Kier molecular flexibility index (Phi) is 3.98. The largest absolute Gasteiger partial charge is 0.429 e. The molecule has 7 heteroatoms. The minimum Gasteiger partial charge on any atom is -0.429 e. The predicted molar refractivity (Wildman–Crippen MR) is 83.9 cm³/mol. The molecule has 2 heterocycles. The number of hydrogen-bond acceptors (Lipinski definition) is 4. The van der Waals surface area contributed by atoms with E-state index >= 15 is 0 Å². The Balaban J connectivity index is 1.89. The van der Waals surface area contributed by atoms with Gasteiger partial charge in [0.1, 0.15) is 0 Å². The van der Waals surface area contributed by atoms with Crippen LogP contribution in [0.25, 0.3) is 11.1 Å². The zero-order chi connectivity index (χ0) is 15.7. The molecule has 1 aliphatic rings. The zero-order valence-corrected chi connectivity index (χ0v) is 12.8. The average Bonchev–Trinajstić information content (AvgIpc) is 2.85. The second-order valence-corrected chi connectivity index (χ2v) is 5.91.